The molecule has 0 bridgehead atoms. The average Bonchev–Trinajstić information content (AvgIpc) is 2.58. The number of methoxy groups -OCH3 is 1. The maximum absolute atomic E-state index is 11.9. The lowest BCUT2D eigenvalue weighted by Gasteiger charge is -2.17. The number of anilines is 1. The molecule has 0 saturated carbocycles. The smallest absolute Gasteiger partial charge is 0.229 e. The third-order valence-corrected chi connectivity index (χ3v) is 3.80. The van der Waals surface area contributed by atoms with E-state index in [0.29, 0.717) is 5.05 Å². The number of thiocarbonyl (C=S) groups is 1. The van der Waals surface area contributed by atoms with Crippen LogP contribution in [0.2, 0.25) is 0 Å². The van der Waals surface area contributed by atoms with Crippen molar-refractivity contribution in [2.24, 2.45) is 5.41 Å². The Morgan fingerprint density at radius 3 is 2.53 bits per heavy atom. The first kappa shape index (κ1) is 14.1. The van der Waals surface area contributed by atoms with Gasteiger partial charge in [-0.2, -0.15) is 0 Å². The Bertz CT molecular complexity index is 444. The second kappa shape index (κ2) is 5.14. The Labute approximate surface area is 111 Å². The average molecular weight is 271 g/mol. The number of hydrogen-bond donors (Lipinski definition) is 1. The third-order valence-electron chi connectivity index (χ3n) is 2.23. The van der Waals surface area contributed by atoms with Gasteiger partial charge in [0.25, 0.3) is 0 Å². The summed E-state index contributed by atoms with van der Waals surface area (Å²) in [6.45, 7) is 7.59. The van der Waals surface area contributed by atoms with Gasteiger partial charge in [0.2, 0.25) is 11.0 Å². The fourth-order valence-electron chi connectivity index (χ4n) is 1.12. The number of carbonyl (C=O) groups excluding carboxylic acids is 1. The van der Waals surface area contributed by atoms with E-state index in [4.69, 9.17) is 17.0 Å². The van der Waals surface area contributed by atoms with Crippen LogP contribution in [0.4, 0.5) is 5.69 Å². The van der Waals surface area contributed by atoms with Crippen LogP contribution >= 0.6 is 23.6 Å². The Balaban J connectivity index is 2.90. The van der Waals surface area contributed by atoms with Crippen LogP contribution in [0.15, 0.2) is 6.07 Å². The molecule has 0 fully saturated rings. The quantitative estimate of drug-likeness (QED) is 0.838. The highest BCUT2D eigenvalue weighted by atomic mass is 32.1. The highest BCUT2D eigenvalue weighted by Gasteiger charge is 2.22. The predicted octanol–water partition coefficient (Wildman–Crippen LogP) is 3.36. The van der Waals surface area contributed by atoms with Gasteiger partial charge in [-0.25, -0.2) is 0 Å². The first-order valence-corrected chi connectivity index (χ1v) is 6.48. The number of hydrogen-bond acceptors (Lipinski definition) is 4. The second-order valence-corrected chi connectivity index (χ2v) is 6.40. The van der Waals surface area contributed by atoms with Crippen LogP contribution < -0.4 is 5.32 Å². The van der Waals surface area contributed by atoms with Crippen molar-refractivity contribution < 1.29 is 9.53 Å². The lowest BCUT2D eigenvalue weighted by molar-refractivity contribution is -0.123. The molecule has 94 valence electrons. The van der Waals surface area contributed by atoms with Gasteiger partial charge in [-0.15, -0.1) is 11.3 Å². The molecule has 17 heavy (non-hydrogen) atoms. The van der Waals surface area contributed by atoms with Crippen molar-refractivity contribution in [3.05, 3.63) is 15.8 Å². The fraction of sp³-hybridized carbons (Fsp3) is 0.500. The molecule has 0 unspecified atom stereocenters. The molecule has 0 aliphatic rings. The van der Waals surface area contributed by atoms with Gasteiger partial charge in [0.1, 0.15) is 0 Å². The normalized spacial score (nSPS) is 11.1. The molecular formula is C12H17NO2S2. The van der Waals surface area contributed by atoms with E-state index >= 15 is 0 Å². The van der Waals surface area contributed by atoms with E-state index in [1.54, 1.807) is 7.11 Å². The molecule has 1 N–H and O–H groups in total. The molecular weight excluding hydrogens is 254 g/mol. The molecule has 1 aromatic rings. The molecule has 0 aliphatic heterocycles. The van der Waals surface area contributed by atoms with Crippen molar-refractivity contribution in [1.82, 2.24) is 0 Å². The zero-order valence-corrected chi connectivity index (χ0v) is 12.3. The zero-order chi connectivity index (χ0) is 13.2. The minimum atomic E-state index is -0.406. The molecule has 5 heteroatoms. The number of rotatable bonds is 2. The van der Waals surface area contributed by atoms with Crippen molar-refractivity contribution in [2.75, 3.05) is 12.4 Å². The number of ether oxygens (including phenoxy) is 1. The molecule has 0 saturated heterocycles. The van der Waals surface area contributed by atoms with Gasteiger partial charge in [-0.05, 0) is 25.2 Å². The summed E-state index contributed by atoms with van der Waals surface area (Å²) in [7, 11) is 1.55. The van der Waals surface area contributed by atoms with Gasteiger partial charge in [0.15, 0.2) is 0 Å². The van der Waals surface area contributed by atoms with Crippen molar-refractivity contribution in [1.29, 1.82) is 0 Å². The summed E-state index contributed by atoms with van der Waals surface area (Å²) in [4.78, 5) is 13.8. The van der Waals surface area contributed by atoms with Gasteiger partial charge in [-0.1, -0.05) is 20.8 Å². The Hall–Kier alpha value is -0.940. The molecule has 1 aromatic heterocycles. The molecule has 0 aromatic carbocycles. The fourth-order valence-corrected chi connectivity index (χ4v) is 2.19. The Kier molecular flexibility index (Phi) is 4.27. The summed E-state index contributed by atoms with van der Waals surface area (Å²) >= 11 is 6.58. The van der Waals surface area contributed by atoms with Gasteiger partial charge in [0, 0.05) is 10.3 Å². The summed E-state index contributed by atoms with van der Waals surface area (Å²) in [5, 5.41) is 3.36. The minimum Gasteiger partial charge on any atom is -0.486 e. The lowest BCUT2D eigenvalue weighted by atomic mass is 9.95. The van der Waals surface area contributed by atoms with Gasteiger partial charge in [0.05, 0.1) is 17.7 Å². The van der Waals surface area contributed by atoms with E-state index in [-0.39, 0.29) is 5.91 Å². The van der Waals surface area contributed by atoms with E-state index < -0.39 is 5.41 Å². The maximum atomic E-state index is 11.9. The molecule has 0 aliphatic carbocycles. The maximum Gasteiger partial charge on any atom is 0.229 e. The molecule has 1 heterocycles. The molecule has 3 nitrogen and oxygen atoms in total. The van der Waals surface area contributed by atoms with Crippen molar-refractivity contribution in [2.45, 2.75) is 27.7 Å². The first-order chi connectivity index (χ1) is 7.75. The van der Waals surface area contributed by atoms with Gasteiger partial charge < -0.3 is 10.1 Å². The molecule has 0 spiro atoms. The molecule has 0 radical (unpaired) electrons. The number of aryl methyl sites for hydroxylation is 1. The van der Waals surface area contributed by atoms with Crippen molar-refractivity contribution in [3.63, 3.8) is 0 Å². The van der Waals surface area contributed by atoms with E-state index in [9.17, 15) is 4.79 Å². The number of amides is 1. The molecule has 1 amide bonds. The SMILES string of the molecule is COC(=S)c1cc(NC(=O)C(C)(C)C)c(C)s1. The summed E-state index contributed by atoms with van der Waals surface area (Å²) in [5.74, 6) is -0.00622. The van der Waals surface area contributed by atoms with Gasteiger partial charge in [-0.3, -0.25) is 4.79 Å². The van der Waals surface area contributed by atoms with Crippen LogP contribution in [0.5, 0.6) is 0 Å². The van der Waals surface area contributed by atoms with E-state index in [0.717, 1.165) is 15.4 Å². The van der Waals surface area contributed by atoms with Crippen LogP contribution in [-0.4, -0.2) is 18.1 Å². The highest BCUT2D eigenvalue weighted by molar-refractivity contribution is 7.80. The van der Waals surface area contributed by atoms with E-state index in [1.165, 1.54) is 11.3 Å². The van der Waals surface area contributed by atoms with Crippen LogP contribution in [-0.2, 0) is 9.53 Å². The zero-order valence-electron chi connectivity index (χ0n) is 10.7. The first-order valence-electron chi connectivity index (χ1n) is 5.26. The summed E-state index contributed by atoms with van der Waals surface area (Å²) in [6.07, 6.45) is 0. The monoisotopic (exact) mass is 271 g/mol. The van der Waals surface area contributed by atoms with Crippen LogP contribution in [0.25, 0.3) is 0 Å². The standard InChI is InChI=1S/C12H17NO2S2/c1-7-8(13-11(14)12(2,3)4)6-9(17-7)10(16)15-5/h6H,1-5H3,(H,13,14). The summed E-state index contributed by atoms with van der Waals surface area (Å²) in [6, 6.07) is 1.86. The van der Waals surface area contributed by atoms with Crippen LogP contribution in [0, 0.1) is 12.3 Å². The Morgan fingerprint density at radius 2 is 2.06 bits per heavy atom. The van der Waals surface area contributed by atoms with Crippen molar-refractivity contribution >= 4 is 40.2 Å². The third kappa shape index (κ3) is 3.51. The number of carbonyl (C=O) groups is 1. The number of nitrogens with one attached hydrogen (secondary N) is 1. The second-order valence-electron chi connectivity index (χ2n) is 4.78. The van der Waals surface area contributed by atoms with Gasteiger partial charge >= 0.3 is 0 Å². The van der Waals surface area contributed by atoms with Crippen LogP contribution in [0.1, 0.15) is 30.5 Å². The lowest BCUT2D eigenvalue weighted by Crippen LogP contribution is -2.27. The Morgan fingerprint density at radius 1 is 1.47 bits per heavy atom. The number of thiophene rings is 1. The van der Waals surface area contributed by atoms with E-state index in [1.807, 2.05) is 33.8 Å². The minimum absolute atomic E-state index is 0.00622. The summed E-state index contributed by atoms with van der Waals surface area (Å²) < 4.78 is 5.01. The topological polar surface area (TPSA) is 38.3 Å². The van der Waals surface area contributed by atoms with Crippen LogP contribution in [0.3, 0.4) is 0 Å². The molecule has 0 atom stereocenters. The summed E-state index contributed by atoms with van der Waals surface area (Å²) in [5.41, 5.74) is 0.403. The predicted molar refractivity (Wildman–Crippen MR) is 75.8 cm³/mol. The molecule has 1 rings (SSSR count). The van der Waals surface area contributed by atoms with E-state index in [2.05, 4.69) is 5.32 Å². The largest absolute Gasteiger partial charge is 0.486 e. The highest BCUT2D eigenvalue weighted by Crippen LogP contribution is 2.28. The van der Waals surface area contributed by atoms with Crippen molar-refractivity contribution in [3.8, 4) is 0 Å².